The van der Waals surface area contributed by atoms with Crippen LogP contribution in [0.15, 0.2) is 4.99 Å². The fourth-order valence-corrected chi connectivity index (χ4v) is 2.35. The van der Waals surface area contributed by atoms with Gasteiger partial charge < -0.3 is 20.1 Å². The van der Waals surface area contributed by atoms with Gasteiger partial charge in [-0.2, -0.15) is 0 Å². The average Bonchev–Trinajstić information content (AvgIpc) is 2.28. The fraction of sp³-hybridized carbons (Fsp3) is 0.917. The molecule has 0 spiro atoms. The van der Waals surface area contributed by atoms with Gasteiger partial charge in [-0.1, -0.05) is 0 Å². The minimum Gasteiger partial charge on any atom is -0.376 e. The number of guanidine groups is 1. The second kappa shape index (κ2) is 5.23. The van der Waals surface area contributed by atoms with Gasteiger partial charge in [-0.05, 0) is 26.2 Å². The molecule has 5 heteroatoms. The van der Waals surface area contributed by atoms with Crippen molar-refractivity contribution in [3.8, 4) is 0 Å². The van der Waals surface area contributed by atoms with Crippen LogP contribution in [-0.4, -0.2) is 55.9 Å². The van der Waals surface area contributed by atoms with Gasteiger partial charge in [0.15, 0.2) is 5.96 Å². The molecule has 2 N–H and O–H groups in total. The minimum atomic E-state index is -0.0392. The molecule has 0 bridgehead atoms. The molecule has 0 radical (unpaired) electrons. The van der Waals surface area contributed by atoms with Crippen molar-refractivity contribution in [2.75, 3.05) is 33.4 Å². The maximum Gasteiger partial charge on any atom is 0.191 e. The highest BCUT2D eigenvalue weighted by molar-refractivity contribution is 5.78. The lowest BCUT2D eigenvalue weighted by atomic mass is 9.80. The second-order valence-electron chi connectivity index (χ2n) is 5.04. The Morgan fingerprint density at radius 2 is 2.35 bits per heavy atom. The van der Waals surface area contributed by atoms with E-state index in [0.29, 0.717) is 12.5 Å². The van der Waals surface area contributed by atoms with Gasteiger partial charge >= 0.3 is 0 Å². The number of hydrogen-bond acceptors (Lipinski definition) is 3. The zero-order valence-corrected chi connectivity index (χ0v) is 10.8. The van der Waals surface area contributed by atoms with Crippen LogP contribution in [0.2, 0.25) is 0 Å². The Morgan fingerprint density at radius 3 is 2.88 bits per heavy atom. The van der Waals surface area contributed by atoms with Crippen molar-refractivity contribution in [2.24, 2.45) is 10.7 Å². The predicted octanol–water partition coefficient (Wildman–Crippen LogP) is 0.591. The Balaban J connectivity index is 1.87. The molecule has 1 saturated carbocycles. The highest BCUT2D eigenvalue weighted by Gasteiger charge is 2.37. The summed E-state index contributed by atoms with van der Waals surface area (Å²) < 4.78 is 11.0. The van der Waals surface area contributed by atoms with Crippen molar-refractivity contribution in [1.29, 1.82) is 0 Å². The lowest BCUT2D eigenvalue weighted by molar-refractivity contribution is -0.0632. The molecule has 2 rings (SSSR count). The van der Waals surface area contributed by atoms with Gasteiger partial charge in [0.05, 0.1) is 24.9 Å². The summed E-state index contributed by atoms with van der Waals surface area (Å²) in [7, 11) is 1.77. The van der Waals surface area contributed by atoms with E-state index in [9.17, 15) is 0 Å². The number of nitrogens with two attached hydrogens (primary N) is 1. The second-order valence-corrected chi connectivity index (χ2v) is 5.04. The third-order valence-corrected chi connectivity index (χ3v) is 3.79. The van der Waals surface area contributed by atoms with Crippen LogP contribution in [0.25, 0.3) is 0 Å². The first-order chi connectivity index (χ1) is 8.15. The van der Waals surface area contributed by atoms with Gasteiger partial charge in [0.25, 0.3) is 0 Å². The van der Waals surface area contributed by atoms with Gasteiger partial charge in [-0.15, -0.1) is 0 Å². The Kier molecular flexibility index (Phi) is 3.89. The topological polar surface area (TPSA) is 60.1 Å². The van der Waals surface area contributed by atoms with Crippen LogP contribution in [-0.2, 0) is 9.47 Å². The van der Waals surface area contributed by atoms with E-state index in [4.69, 9.17) is 15.2 Å². The number of nitrogens with zero attached hydrogens (tertiary/aromatic N) is 2. The van der Waals surface area contributed by atoms with Gasteiger partial charge in [0.2, 0.25) is 0 Å². The van der Waals surface area contributed by atoms with E-state index in [1.165, 1.54) is 6.42 Å². The van der Waals surface area contributed by atoms with E-state index in [0.717, 1.165) is 32.5 Å². The fourth-order valence-electron chi connectivity index (χ4n) is 2.35. The number of aliphatic imine (C=N–C) groups is 1. The van der Waals surface area contributed by atoms with E-state index < -0.39 is 0 Å². The van der Waals surface area contributed by atoms with E-state index in [-0.39, 0.29) is 11.7 Å². The summed E-state index contributed by atoms with van der Waals surface area (Å²) in [5, 5.41) is 0. The molecule has 1 atom stereocenters. The molecule has 1 unspecified atom stereocenters. The average molecular weight is 241 g/mol. The predicted molar refractivity (Wildman–Crippen MR) is 67.1 cm³/mol. The quantitative estimate of drug-likeness (QED) is 0.580. The molecule has 1 aliphatic carbocycles. The van der Waals surface area contributed by atoms with Crippen LogP contribution >= 0.6 is 0 Å². The number of rotatable bonds is 3. The molecule has 2 aliphatic rings. The van der Waals surface area contributed by atoms with E-state index in [2.05, 4.69) is 16.8 Å². The maximum absolute atomic E-state index is 6.02. The first-order valence-electron chi connectivity index (χ1n) is 6.37. The summed E-state index contributed by atoms with van der Waals surface area (Å²) in [5.74, 6) is 0.628. The number of ether oxygens (including phenoxy) is 2. The van der Waals surface area contributed by atoms with Crippen LogP contribution in [0.1, 0.15) is 26.2 Å². The molecule has 98 valence electrons. The SMILES string of the molecule is COC1(CN=C(N)N2CCOC(C)C2)CCC1. The molecule has 5 nitrogen and oxygen atoms in total. The van der Waals surface area contributed by atoms with Crippen LogP contribution in [0, 0.1) is 0 Å². The monoisotopic (exact) mass is 241 g/mol. The zero-order valence-electron chi connectivity index (χ0n) is 10.8. The summed E-state index contributed by atoms with van der Waals surface area (Å²) in [6.07, 6.45) is 3.66. The highest BCUT2D eigenvalue weighted by Crippen LogP contribution is 2.35. The third kappa shape index (κ3) is 2.90. The molecule has 0 aromatic heterocycles. The lowest BCUT2D eigenvalue weighted by Crippen LogP contribution is -2.49. The Labute approximate surface area is 103 Å². The third-order valence-electron chi connectivity index (χ3n) is 3.79. The van der Waals surface area contributed by atoms with E-state index in [1.54, 1.807) is 7.11 Å². The Hall–Kier alpha value is -0.810. The normalized spacial score (nSPS) is 28.9. The highest BCUT2D eigenvalue weighted by atomic mass is 16.5. The van der Waals surface area contributed by atoms with Crippen molar-refractivity contribution >= 4 is 5.96 Å². The molecule has 2 fully saturated rings. The number of morpholine rings is 1. The van der Waals surface area contributed by atoms with Crippen LogP contribution in [0.4, 0.5) is 0 Å². The van der Waals surface area contributed by atoms with Crippen molar-refractivity contribution in [1.82, 2.24) is 4.90 Å². The van der Waals surface area contributed by atoms with Gasteiger partial charge in [-0.25, -0.2) is 0 Å². The van der Waals surface area contributed by atoms with Gasteiger partial charge in [0.1, 0.15) is 0 Å². The molecular formula is C12H23N3O2. The standard InChI is InChI=1S/C12H23N3O2/c1-10-8-15(6-7-17-10)11(13)14-9-12(16-2)4-3-5-12/h10H,3-9H2,1-2H3,(H2,13,14). The zero-order chi connectivity index (χ0) is 12.3. The number of hydrogen-bond donors (Lipinski definition) is 1. The molecule has 1 heterocycles. The Morgan fingerprint density at radius 1 is 1.59 bits per heavy atom. The summed E-state index contributed by atoms with van der Waals surface area (Å²) in [4.78, 5) is 6.58. The molecule has 0 amide bonds. The molecule has 17 heavy (non-hydrogen) atoms. The summed E-state index contributed by atoms with van der Waals surface area (Å²) in [6.45, 7) is 5.13. The van der Waals surface area contributed by atoms with Gasteiger partial charge in [0, 0.05) is 20.2 Å². The largest absolute Gasteiger partial charge is 0.376 e. The first kappa shape index (κ1) is 12.6. The number of methoxy groups -OCH3 is 1. The molecule has 1 aliphatic heterocycles. The molecule has 0 aromatic rings. The maximum atomic E-state index is 6.02. The minimum absolute atomic E-state index is 0.0392. The first-order valence-corrected chi connectivity index (χ1v) is 6.37. The van der Waals surface area contributed by atoms with E-state index in [1.807, 2.05) is 0 Å². The van der Waals surface area contributed by atoms with Crippen molar-refractivity contribution < 1.29 is 9.47 Å². The summed E-state index contributed by atoms with van der Waals surface area (Å²) >= 11 is 0. The molecule has 0 aromatic carbocycles. The summed E-state index contributed by atoms with van der Waals surface area (Å²) in [6, 6.07) is 0. The molecular weight excluding hydrogens is 218 g/mol. The van der Waals surface area contributed by atoms with Crippen molar-refractivity contribution in [2.45, 2.75) is 37.9 Å². The summed E-state index contributed by atoms with van der Waals surface area (Å²) in [5.41, 5.74) is 5.98. The smallest absolute Gasteiger partial charge is 0.191 e. The van der Waals surface area contributed by atoms with E-state index >= 15 is 0 Å². The lowest BCUT2D eigenvalue weighted by Gasteiger charge is -2.39. The molecule has 1 saturated heterocycles. The van der Waals surface area contributed by atoms with Crippen LogP contribution < -0.4 is 5.73 Å². The van der Waals surface area contributed by atoms with Gasteiger partial charge in [-0.3, -0.25) is 4.99 Å². The van der Waals surface area contributed by atoms with Crippen molar-refractivity contribution in [3.63, 3.8) is 0 Å². The van der Waals surface area contributed by atoms with Crippen LogP contribution in [0.5, 0.6) is 0 Å². The van der Waals surface area contributed by atoms with Crippen molar-refractivity contribution in [3.05, 3.63) is 0 Å². The van der Waals surface area contributed by atoms with Crippen LogP contribution in [0.3, 0.4) is 0 Å². The Bertz CT molecular complexity index is 284.